The van der Waals surface area contributed by atoms with Crippen molar-refractivity contribution in [2.75, 3.05) is 61.1 Å². The van der Waals surface area contributed by atoms with Crippen molar-refractivity contribution < 1.29 is 27.7 Å². The first-order valence-corrected chi connectivity index (χ1v) is 12.9. The Morgan fingerprint density at radius 3 is 1.36 bits per heavy atom. The minimum Gasteiger partial charge on any atom is -0.390 e. The van der Waals surface area contributed by atoms with Gasteiger partial charge in [-0.15, -0.1) is 0 Å². The third-order valence-electron chi connectivity index (χ3n) is 3.08. The topological polar surface area (TPSA) is 94.9 Å². The van der Waals surface area contributed by atoms with Gasteiger partial charge in [-0.1, -0.05) is 0 Å². The Hall–Kier alpha value is 0.114. The highest BCUT2D eigenvalue weighted by Crippen LogP contribution is 2.16. The van der Waals surface area contributed by atoms with Crippen LogP contribution < -0.4 is 0 Å². The average molecular weight is 401 g/mol. The van der Waals surface area contributed by atoms with Gasteiger partial charge >= 0.3 is 17.6 Å². The molecule has 0 aromatic carbocycles. The first-order valence-electron chi connectivity index (χ1n) is 8.90. The molecule has 0 aliphatic heterocycles. The Morgan fingerprint density at radius 1 is 0.680 bits per heavy atom. The molecule has 25 heavy (non-hydrogen) atoms. The van der Waals surface area contributed by atoms with E-state index in [0.717, 1.165) is 19.1 Å². The molecule has 3 N–H and O–H groups in total. The summed E-state index contributed by atoms with van der Waals surface area (Å²) >= 11 is 0. The largest absolute Gasteiger partial charge is 0.502 e. The van der Waals surface area contributed by atoms with E-state index < -0.39 is 17.6 Å². The Labute approximate surface area is 156 Å². The molecular formula is C15H40N2O6Si2. The summed E-state index contributed by atoms with van der Waals surface area (Å²) in [5, 5.41) is 0. The summed E-state index contributed by atoms with van der Waals surface area (Å²) in [5.41, 5.74) is 0. The van der Waals surface area contributed by atoms with Gasteiger partial charge in [0.2, 0.25) is 0 Å². The minimum atomic E-state index is -3.75. The van der Waals surface area contributed by atoms with E-state index in [0.29, 0.717) is 26.2 Å². The van der Waals surface area contributed by atoms with E-state index in [9.17, 15) is 0 Å². The predicted molar refractivity (Wildman–Crippen MR) is 104 cm³/mol. The molecule has 0 rings (SSSR count). The number of hydrogen-bond donors (Lipinski definition) is 3. The average Bonchev–Trinajstić information content (AvgIpc) is 2.45. The summed E-state index contributed by atoms with van der Waals surface area (Å²) in [4.78, 5) is 29.7. The molecule has 0 aromatic rings. The zero-order chi connectivity index (χ0) is 19.9. The Bertz CT molecular complexity index is 287. The van der Waals surface area contributed by atoms with Gasteiger partial charge in [0.15, 0.2) is 0 Å². The van der Waals surface area contributed by atoms with Crippen molar-refractivity contribution >= 4 is 17.6 Å². The van der Waals surface area contributed by atoms with Crippen LogP contribution in [0.1, 0.15) is 27.2 Å². The molecule has 0 unspecified atom stereocenters. The standard InChI is InChI=1S/C10H25NO3Si.C5H15NO3Si/c1-6-12-15(13-7-2,14-8-3)10-9-11(4)5;1-6(2)4-3-5-10(7,8)9/h6-10H2,1-5H3;7-9H,3-5H2,1-2H3. The van der Waals surface area contributed by atoms with E-state index in [2.05, 4.69) is 4.90 Å². The lowest BCUT2D eigenvalue weighted by Gasteiger charge is -2.29. The van der Waals surface area contributed by atoms with Crippen molar-refractivity contribution in [3.05, 3.63) is 0 Å². The predicted octanol–water partition coefficient (Wildman–Crippen LogP) is 0.450. The van der Waals surface area contributed by atoms with E-state index in [1.807, 2.05) is 53.9 Å². The molecule has 0 saturated carbocycles. The van der Waals surface area contributed by atoms with Gasteiger partial charge in [0.25, 0.3) is 0 Å². The summed E-state index contributed by atoms with van der Waals surface area (Å²) in [6.45, 7) is 9.61. The zero-order valence-electron chi connectivity index (χ0n) is 17.1. The monoisotopic (exact) mass is 400 g/mol. The van der Waals surface area contributed by atoms with Gasteiger partial charge in [-0.05, 0) is 61.9 Å². The molecular weight excluding hydrogens is 360 g/mol. The second-order valence-electron chi connectivity index (χ2n) is 6.22. The van der Waals surface area contributed by atoms with Crippen molar-refractivity contribution in [1.29, 1.82) is 0 Å². The highest BCUT2D eigenvalue weighted by Gasteiger charge is 2.39. The van der Waals surface area contributed by atoms with Crippen LogP contribution in [0.15, 0.2) is 0 Å². The van der Waals surface area contributed by atoms with Crippen LogP contribution in [0.5, 0.6) is 0 Å². The molecule has 0 aromatic heterocycles. The number of nitrogens with zero attached hydrogens (tertiary/aromatic N) is 2. The highest BCUT2D eigenvalue weighted by molar-refractivity contribution is 6.60. The van der Waals surface area contributed by atoms with Crippen LogP contribution in [-0.2, 0) is 13.3 Å². The third-order valence-corrected chi connectivity index (χ3v) is 7.12. The van der Waals surface area contributed by atoms with Gasteiger partial charge in [-0.2, -0.15) is 0 Å². The molecule has 0 amide bonds. The molecule has 0 saturated heterocycles. The number of hydrogen-bond acceptors (Lipinski definition) is 8. The fraction of sp³-hybridized carbons (Fsp3) is 1.00. The van der Waals surface area contributed by atoms with E-state index in [1.165, 1.54) is 0 Å². The van der Waals surface area contributed by atoms with Gasteiger partial charge in [0, 0.05) is 38.5 Å². The lowest BCUT2D eigenvalue weighted by molar-refractivity contribution is 0.0694. The maximum Gasteiger partial charge on any atom is 0.502 e. The molecule has 0 radical (unpaired) electrons. The van der Waals surface area contributed by atoms with E-state index in [1.54, 1.807) is 0 Å². The summed E-state index contributed by atoms with van der Waals surface area (Å²) < 4.78 is 17.2. The van der Waals surface area contributed by atoms with Crippen molar-refractivity contribution in [1.82, 2.24) is 9.80 Å². The first-order chi connectivity index (χ1) is 11.5. The fourth-order valence-electron chi connectivity index (χ4n) is 1.99. The maximum atomic E-state index is 8.56. The molecule has 0 aliphatic carbocycles. The molecule has 0 heterocycles. The summed E-state index contributed by atoms with van der Waals surface area (Å²) in [6, 6.07) is 0.987. The molecule has 0 fully saturated rings. The van der Waals surface area contributed by atoms with E-state index >= 15 is 0 Å². The molecule has 0 atom stereocenters. The molecule has 0 spiro atoms. The normalized spacial score (nSPS) is 12.5. The smallest absolute Gasteiger partial charge is 0.390 e. The molecule has 10 heteroatoms. The van der Waals surface area contributed by atoms with E-state index in [4.69, 9.17) is 27.7 Å². The molecule has 0 aliphatic rings. The van der Waals surface area contributed by atoms with Gasteiger partial charge in [0.05, 0.1) is 0 Å². The van der Waals surface area contributed by atoms with Gasteiger partial charge in [-0.25, -0.2) is 0 Å². The Kier molecular flexibility index (Phi) is 16.6. The van der Waals surface area contributed by atoms with Crippen LogP contribution in [0.4, 0.5) is 0 Å². The third kappa shape index (κ3) is 18.7. The van der Waals surface area contributed by atoms with Crippen molar-refractivity contribution in [3.63, 3.8) is 0 Å². The molecule has 8 nitrogen and oxygen atoms in total. The Morgan fingerprint density at radius 2 is 1.08 bits per heavy atom. The van der Waals surface area contributed by atoms with Crippen LogP contribution >= 0.6 is 0 Å². The van der Waals surface area contributed by atoms with Crippen LogP contribution in [0.25, 0.3) is 0 Å². The van der Waals surface area contributed by atoms with Crippen LogP contribution in [0, 0.1) is 0 Å². The quantitative estimate of drug-likeness (QED) is 0.384. The summed E-state index contributed by atoms with van der Waals surface area (Å²) in [5.74, 6) is 0. The zero-order valence-corrected chi connectivity index (χ0v) is 19.1. The SMILES string of the molecule is CCO[Si](CCN(C)C)(OCC)OCC.CN(C)CCC[Si](O)(O)O. The first kappa shape index (κ1) is 27.3. The number of rotatable bonds is 13. The second-order valence-corrected chi connectivity index (χ2v) is 11.0. The van der Waals surface area contributed by atoms with Gasteiger partial charge < -0.3 is 37.5 Å². The second kappa shape index (κ2) is 15.2. The van der Waals surface area contributed by atoms with Crippen molar-refractivity contribution in [3.8, 4) is 0 Å². The van der Waals surface area contributed by atoms with Crippen molar-refractivity contribution in [2.24, 2.45) is 0 Å². The lowest BCUT2D eigenvalue weighted by Crippen LogP contribution is -2.47. The summed E-state index contributed by atoms with van der Waals surface area (Å²) in [6.07, 6.45) is 0.628. The Balaban J connectivity index is 0. The highest BCUT2D eigenvalue weighted by atomic mass is 28.4. The maximum absolute atomic E-state index is 8.56. The van der Waals surface area contributed by atoms with Crippen LogP contribution in [0.3, 0.4) is 0 Å². The van der Waals surface area contributed by atoms with Gasteiger partial charge in [0.1, 0.15) is 0 Å². The van der Waals surface area contributed by atoms with Crippen molar-refractivity contribution in [2.45, 2.75) is 39.3 Å². The van der Waals surface area contributed by atoms with Crippen LogP contribution in [0.2, 0.25) is 12.1 Å². The fourth-order valence-corrected chi connectivity index (χ4v) is 5.35. The van der Waals surface area contributed by atoms with Crippen LogP contribution in [-0.4, -0.2) is 103 Å². The summed E-state index contributed by atoms with van der Waals surface area (Å²) in [7, 11) is 1.73. The molecule has 154 valence electrons. The lowest BCUT2D eigenvalue weighted by atomic mass is 10.5. The minimum absolute atomic E-state index is 0.130. The van der Waals surface area contributed by atoms with Gasteiger partial charge in [-0.3, -0.25) is 0 Å². The van der Waals surface area contributed by atoms with E-state index in [-0.39, 0.29) is 6.04 Å². The molecule has 0 bridgehead atoms.